The zero-order valence-electron chi connectivity index (χ0n) is 46.3. The molecule has 69 heavy (non-hydrogen) atoms. The summed E-state index contributed by atoms with van der Waals surface area (Å²) in [4.78, 5) is 24.5. The van der Waals surface area contributed by atoms with E-state index in [9.17, 15) is 19.8 Å². The van der Waals surface area contributed by atoms with Crippen LogP contribution in [0.4, 0.5) is 0 Å². The van der Waals surface area contributed by atoms with E-state index in [4.69, 9.17) is 4.74 Å². The minimum atomic E-state index is -0.671. The predicted molar refractivity (Wildman–Crippen MR) is 301 cm³/mol. The van der Waals surface area contributed by atoms with Crippen molar-refractivity contribution in [1.82, 2.24) is 5.32 Å². The second-order valence-electron chi connectivity index (χ2n) is 21.0. The van der Waals surface area contributed by atoms with Crippen molar-refractivity contribution in [2.24, 2.45) is 0 Å². The Morgan fingerprint density at radius 1 is 0.406 bits per heavy atom. The van der Waals surface area contributed by atoms with E-state index in [1.54, 1.807) is 0 Å². The van der Waals surface area contributed by atoms with E-state index in [1.807, 2.05) is 0 Å². The van der Waals surface area contributed by atoms with Gasteiger partial charge in [-0.15, -0.1) is 0 Å². The summed E-state index contributed by atoms with van der Waals surface area (Å²) in [5.74, 6) is -0.0498. The van der Waals surface area contributed by atoms with Crippen molar-refractivity contribution < 1.29 is 24.5 Å². The van der Waals surface area contributed by atoms with Crippen molar-refractivity contribution in [1.29, 1.82) is 0 Å². The lowest BCUT2D eigenvalue weighted by molar-refractivity contribution is -0.143. The van der Waals surface area contributed by atoms with Gasteiger partial charge in [-0.1, -0.05) is 269 Å². The van der Waals surface area contributed by atoms with Crippen LogP contribution in [0.15, 0.2) is 36.5 Å². The van der Waals surface area contributed by atoms with E-state index >= 15 is 0 Å². The van der Waals surface area contributed by atoms with Crippen LogP contribution in [-0.2, 0) is 14.3 Å². The number of hydrogen-bond acceptors (Lipinski definition) is 5. The van der Waals surface area contributed by atoms with Gasteiger partial charge in [0.05, 0.1) is 25.4 Å². The Hall–Kier alpha value is -1.92. The molecule has 2 unspecified atom stereocenters. The Labute approximate surface area is 430 Å². The molecule has 1 amide bonds. The molecule has 0 aliphatic rings. The van der Waals surface area contributed by atoms with Gasteiger partial charge in [-0.05, 0) is 83.5 Å². The first-order chi connectivity index (χ1) is 34.0. The van der Waals surface area contributed by atoms with Crippen molar-refractivity contribution in [2.45, 2.75) is 341 Å². The molecule has 0 aromatic rings. The summed E-state index contributed by atoms with van der Waals surface area (Å²) in [6, 6.07) is -0.549. The highest BCUT2D eigenvalue weighted by Crippen LogP contribution is 2.17. The second kappa shape index (κ2) is 58.6. The smallest absolute Gasteiger partial charge is 0.305 e. The predicted octanol–water partition coefficient (Wildman–Crippen LogP) is 19.2. The lowest BCUT2D eigenvalue weighted by atomic mass is 10.0. The Bertz CT molecular complexity index is 1120. The molecule has 406 valence electrons. The van der Waals surface area contributed by atoms with Gasteiger partial charge in [0.15, 0.2) is 0 Å². The van der Waals surface area contributed by atoms with Crippen LogP contribution < -0.4 is 5.32 Å². The van der Waals surface area contributed by atoms with Crippen molar-refractivity contribution in [2.75, 3.05) is 13.2 Å². The maximum absolute atomic E-state index is 12.5. The van der Waals surface area contributed by atoms with Crippen LogP contribution in [0.1, 0.15) is 328 Å². The zero-order valence-corrected chi connectivity index (χ0v) is 46.3. The number of carbonyl (C=O) groups excluding carboxylic acids is 2. The molecule has 2 atom stereocenters. The number of allylic oxidation sites excluding steroid dienone is 6. The maximum atomic E-state index is 12.5. The normalized spacial score (nSPS) is 12.8. The van der Waals surface area contributed by atoms with Crippen molar-refractivity contribution in [3.8, 4) is 0 Å². The summed E-state index contributed by atoms with van der Waals surface area (Å²) in [6.07, 6.45) is 72.8. The largest absolute Gasteiger partial charge is 0.466 e. The molecule has 0 spiro atoms. The van der Waals surface area contributed by atoms with Crippen LogP contribution in [0.5, 0.6) is 0 Å². The third-order valence-corrected chi connectivity index (χ3v) is 14.2. The number of aliphatic hydroxyl groups excluding tert-OH is 2. The number of hydrogen-bond donors (Lipinski definition) is 3. The van der Waals surface area contributed by atoms with Crippen LogP contribution in [0.2, 0.25) is 0 Å². The molecular formula is C63H119NO5. The summed E-state index contributed by atoms with van der Waals surface area (Å²) in [5, 5.41) is 23.3. The summed E-state index contributed by atoms with van der Waals surface area (Å²) >= 11 is 0. The average molecular weight is 971 g/mol. The Morgan fingerprint density at radius 2 is 0.725 bits per heavy atom. The molecule has 0 aliphatic carbocycles. The average Bonchev–Trinajstić information content (AvgIpc) is 3.35. The van der Waals surface area contributed by atoms with E-state index in [-0.39, 0.29) is 18.5 Å². The summed E-state index contributed by atoms with van der Waals surface area (Å²) in [7, 11) is 0. The fourth-order valence-electron chi connectivity index (χ4n) is 9.43. The molecule has 0 fully saturated rings. The minimum absolute atomic E-state index is 0.00764. The van der Waals surface area contributed by atoms with E-state index in [0.717, 1.165) is 51.4 Å². The summed E-state index contributed by atoms with van der Waals surface area (Å²) in [5.41, 5.74) is 0. The number of ether oxygens (including phenoxy) is 1. The minimum Gasteiger partial charge on any atom is -0.466 e. The lowest BCUT2D eigenvalue weighted by Gasteiger charge is -2.22. The highest BCUT2D eigenvalue weighted by atomic mass is 16.5. The van der Waals surface area contributed by atoms with Gasteiger partial charge in [-0.2, -0.15) is 0 Å². The van der Waals surface area contributed by atoms with Crippen LogP contribution in [0.25, 0.3) is 0 Å². The fourth-order valence-corrected chi connectivity index (χ4v) is 9.43. The number of esters is 1. The molecule has 0 saturated carbocycles. The number of amides is 1. The highest BCUT2D eigenvalue weighted by Gasteiger charge is 2.20. The second-order valence-corrected chi connectivity index (χ2v) is 21.0. The van der Waals surface area contributed by atoms with Gasteiger partial charge >= 0.3 is 5.97 Å². The molecule has 0 rings (SSSR count). The molecule has 6 heteroatoms. The quantitative estimate of drug-likeness (QED) is 0.0321. The van der Waals surface area contributed by atoms with Gasteiger partial charge in [0.25, 0.3) is 0 Å². The monoisotopic (exact) mass is 970 g/mol. The number of nitrogens with one attached hydrogen (secondary N) is 1. The van der Waals surface area contributed by atoms with E-state index in [1.165, 1.54) is 244 Å². The van der Waals surface area contributed by atoms with Gasteiger partial charge < -0.3 is 20.3 Å². The first-order valence-corrected chi connectivity index (χ1v) is 30.7. The lowest BCUT2D eigenvalue weighted by Crippen LogP contribution is -2.45. The molecule has 0 saturated heterocycles. The number of rotatable bonds is 57. The number of unbranched alkanes of at least 4 members (excludes halogenated alkanes) is 40. The maximum Gasteiger partial charge on any atom is 0.305 e. The summed E-state index contributed by atoms with van der Waals surface area (Å²) in [6.45, 7) is 4.93. The Kier molecular flexibility index (Phi) is 57.0. The van der Waals surface area contributed by atoms with Gasteiger partial charge in [0.2, 0.25) is 5.91 Å². The molecular weight excluding hydrogens is 851 g/mol. The first kappa shape index (κ1) is 67.1. The SMILES string of the molecule is CCCCC/C=C\C/C=C\CCCCCCCC(=O)OCCCCCCCCCCC/C=C\CCCCCCCCCC(=O)NC(CO)C(O)CCCCCCCCCCCCCCCCCCC. The Morgan fingerprint density at radius 3 is 1.14 bits per heavy atom. The molecule has 0 heterocycles. The molecule has 6 nitrogen and oxygen atoms in total. The molecule has 0 aromatic heterocycles. The van der Waals surface area contributed by atoms with E-state index < -0.39 is 12.1 Å². The summed E-state index contributed by atoms with van der Waals surface area (Å²) < 4.78 is 5.47. The number of aliphatic hydroxyl groups is 2. The van der Waals surface area contributed by atoms with Gasteiger partial charge in [-0.25, -0.2) is 0 Å². The third kappa shape index (κ3) is 55.2. The standard InChI is InChI=1S/C63H119NO5/c1-3-5-7-9-11-13-15-17-19-24-28-31-35-39-43-47-51-55-61(66)60(59-65)64-62(67)56-52-48-44-40-36-32-29-25-22-20-21-23-26-30-34-38-42-46-50-54-58-69-63(68)57-53-49-45-41-37-33-27-18-16-14-12-10-8-6-4-2/h12,14,18,20,22,27,60-61,65-66H,3-11,13,15-17,19,21,23-26,28-59H2,1-2H3,(H,64,67)/b14-12-,22-20-,27-18-. The van der Waals surface area contributed by atoms with Gasteiger partial charge in [0.1, 0.15) is 0 Å². The van der Waals surface area contributed by atoms with Crippen LogP contribution in [0.3, 0.4) is 0 Å². The van der Waals surface area contributed by atoms with E-state index in [0.29, 0.717) is 25.9 Å². The van der Waals surface area contributed by atoms with Crippen molar-refractivity contribution in [3.05, 3.63) is 36.5 Å². The van der Waals surface area contributed by atoms with Crippen molar-refractivity contribution >= 4 is 11.9 Å². The van der Waals surface area contributed by atoms with E-state index in [2.05, 4.69) is 55.6 Å². The van der Waals surface area contributed by atoms with Crippen LogP contribution >= 0.6 is 0 Å². The first-order valence-electron chi connectivity index (χ1n) is 30.7. The van der Waals surface area contributed by atoms with Crippen LogP contribution in [0, 0.1) is 0 Å². The molecule has 3 N–H and O–H groups in total. The van der Waals surface area contributed by atoms with Gasteiger partial charge in [-0.3, -0.25) is 9.59 Å². The fraction of sp³-hybridized carbons (Fsp3) is 0.873. The molecule has 0 bridgehead atoms. The molecule has 0 radical (unpaired) electrons. The highest BCUT2D eigenvalue weighted by molar-refractivity contribution is 5.76. The molecule has 0 aliphatic heterocycles. The van der Waals surface area contributed by atoms with Gasteiger partial charge in [0, 0.05) is 12.8 Å². The zero-order chi connectivity index (χ0) is 50.0. The van der Waals surface area contributed by atoms with Crippen LogP contribution in [-0.4, -0.2) is 47.4 Å². The van der Waals surface area contributed by atoms with Crippen molar-refractivity contribution in [3.63, 3.8) is 0 Å². The topological polar surface area (TPSA) is 95.9 Å². The third-order valence-electron chi connectivity index (χ3n) is 14.2. The Balaban J connectivity index is 3.44. The molecule has 0 aromatic carbocycles. The number of carbonyl (C=O) groups is 2.